The summed E-state index contributed by atoms with van der Waals surface area (Å²) in [5.41, 5.74) is 1.85. The molecule has 0 saturated carbocycles. The van der Waals surface area contributed by atoms with Gasteiger partial charge in [0.1, 0.15) is 0 Å². The molecule has 0 aliphatic carbocycles. The summed E-state index contributed by atoms with van der Waals surface area (Å²) in [5.74, 6) is 1.68. The maximum Gasteiger partial charge on any atom is 0.251 e. The molecule has 1 amide bonds. The van der Waals surface area contributed by atoms with Crippen LogP contribution in [0.1, 0.15) is 55.5 Å². The number of carbonyl (C=O) groups is 1. The Morgan fingerprint density at radius 2 is 2.10 bits per heavy atom. The van der Waals surface area contributed by atoms with Crippen molar-refractivity contribution in [3.05, 3.63) is 35.4 Å². The molecule has 0 bridgehead atoms. The summed E-state index contributed by atoms with van der Waals surface area (Å²) >= 11 is 0. The molecule has 170 valence electrons. The van der Waals surface area contributed by atoms with Gasteiger partial charge in [-0.15, -0.1) is 24.0 Å². The number of nitrogens with zero attached hydrogens (tertiary/aromatic N) is 2. The fourth-order valence-electron chi connectivity index (χ4n) is 3.81. The van der Waals surface area contributed by atoms with Crippen LogP contribution in [0.4, 0.5) is 0 Å². The number of nitrogens with one attached hydrogen (secondary N) is 3. The Balaban J connectivity index is 0.00000450. The Hall–Kier alpha value is -1.35. The number of carbonyl (C=O) groups excluding carboxylic acids is 1. The zero-order valence-electron chi connectivity index (χ0n) is 18.9. The third-order valence-corrected chi connectivity index (χ3v) is 5.36. The number of amides is 1. The summed E-state index contributed by atoms with van der Waals surface area (Å²) in [6, 6.07) is 7.78. The molecule has 1 aliphatic rings. The van der Waals surface area contributed by atoms with E-state index in [0.29, 0.717) is 5.56 Å². The highest BCUT2D eigenvalue weighted by Gasteiger charge is 2.15. The molecule has 30 heavy (non-hydrogen) atoms. The number of aliphatic imine (C=N–C) groups is 1. The molecule has 1 aromatic rings. The summed E-state index contributed by atoms with van der Waals surface area (Å²) in [6.45, 7) is 10.7. The zero-order valence-corrected chi connectivity index (χ0v) is 21.2. The molecule has 0 aromatic heterocycles. The van der Waals surface area contributed by atoms with Crippen LogP contribution in [0.5, 0.6) is 0 Å². The predicted molar refractivity (Wildman–Crippen MR) is 137 cm³/mol. The van der Waals surface area contributed by atoms with Crippen molar-refractivity contribution in [2.45, 2.75) is 46.0 Å². The second-order valence-corrected chi connectivity index (χ2v) is 7.97. The van der Waals surface area contributed by atoms with E-state index < -0.39 is 0 Å². The van der Waals surface area contributed by atoms with E-state index in [4.69, 9.17) is 4.99 Å². The second-order valence-electron chi connectivity index (χ2n) is 7.97. The van der Waals surface area contributed by atoms with E-state index in [2.05, 4.69) is 40.8 Å². The molecule has 1 atom stereocenters. The Labute approximate surface area is 199 Å². The van der Waals surface area contributed by atoms with E-state index in [0.717, 1.165) is 49.9 Å². The lowest BCUT2D eigenvalue weighted by Crippen LogP contribution is -2.38. The predicted octanol–water partition coefficient (Wildman–Crippen LogP) is 3.27. The van der Waals surface area contributed by atoms with Crippen molar-refractivity contribution in [3.8, 4) is 0 Å². The van der Waals surface area contributed by atoms with Gasteiger partial charge in [-0.1, -0.05) is 19.1 Å². The number of hydrogen-bond donors (Lipinski definition) is 3. The number of unbranched alkanes of at least 4 members (excludes halogenated alkanes) is 1. The highest BCUT2D eigenvalue weighted by molar-refractivity contribution is 14.0. The third-order valence-electron chi connectivity index (χ3n) is 5.36. The van der Waals surface area contributed by atoms with Crippen LogP contribution in [-0.2, 0) is 6.42 Å². The number of likely N-dealkylation sites (tertiary alicyclic amines) is 1. The molecule has 0 spiro atoms. The van der Waals surface area contributed by atoms with Gasteiger partial charge in [-0.2, -0.15) is 0 Å². The highest BCUT2D eigenvalue weighted by atomic mass is 127. The maximum absolute atomic E-state index is 11.8. The van der Waals surface area contributed by atoms with Crippen LogP contribution in [-0.4, -0.2) is 63.1 Å². The normalized spacial score (nSPS) is 17.2. The Morgan fingerprint density at radius 3 is 2.83 bits per heavy atom. The quantitative estimate of drug-likeness (QED) is 0.188. The van der Waals surface area contributed by atoms with Crippen molar-refractivity contribution < 1.29 is 4.79 Å². The first-order valence-corrected chi connectivity index (χ1v) is 11.2. The summed E-state index contributed by atoms with van der Waals surface area (Å²) in [6.07, 6.45) is 5.91. The second kappa shape index (κ2) is 15.5. The van der Waals surface area contributed by atoms with Crippen LogP contribution in [0, 0.1) is 5.92 Å². The molecule has 1 heterocycles. The molecule has 3 N–H and O–H groups in total. The Kier molecular flexibility index (Phi) is 13.7. The van der Waals surface area contributed by atoms with Gasteiger partial charge in [0.25, 0.3) is 5.91 Å². The van der Waals surface area contributed by atoms with Crippen LogP contribution < -0.4 is 16.0 Å². The minimum atomic E-state index is -0.0475. The van der Waals surface area contributed by atoms with E-state index in [9.17, 15) is 4.79 Å². The van der Waals surface area contributed by atoms with Gasteiger partial charge in [-0.25, -0.2) is 0 Å². The molecule has 1 unspecified atom stereocenters. The minimum absolute atomic E-state index is 0. The van der Waals surface area contributed by atoms with Crippen molar-refractivity contribution in [1.29, 1.82) is 0 Å². The van der Waals surface area contributed by atoms with E-state index >= 15 is 0 Å². The summed E-state index contributed by atoms with van der Waals surface area (Å²) < 4.78 is 0. The largest absolute Gasteiger partial charge is 0.357 e. The first-order valence-electron chi connectivity index (χ1n) is 11.2. The molecule has 2 rings (SSSR count). The number of guanidine groups is 1. The maximum atomic E-state index is 11.8. The fraction of sp³-hybridized carbons (Fsp3) is 0.652. The SMILES string of the molecule is CCNC(=NCCCCN1CCCC(C)C1)NCCc1cccc(C(=O)NC)c1.I. The number of piperidine rings is 1. The number of benzene rings is 1. The van der Waals surface area contributed by atoms with Crippen molar-refractivity contribution in [1.82, 2.24) is 20.9 Å². The number of halogens is 1. The van der Waals surface area contributed by atoms with Gasteiger partial charge in [0.2, 0.25) is 0 Å². The van der Waals surface area contributed by atoms with E-state index in [1.807, 2.05) is 18.2 Å². The van der Waals surface area contributed by atoms with Gasteiger partial charge in [-0.3, -0.25) is 9.79 Å². The molecular formula is C23H40IN5O. The monoisotopic (exact) mass is 529 g/mol. The summed E-state index contributed by atoms with van der Waals surface area (Å²) in [5, 5.41) is 9.39. The lowest BCUT2D eigenvalue weighted by atomic mass is 10.0. The average Bonchev–Trinajstić information content (AvgIpc) is 2.73. The first kappa shape index (κ1) is 26.7. The highest BCUT2D eigenvalue weighted by Crippen LogP contribution is 2.15. The van der Waals surface area contributed by atoms with Gasteiger partial charge in [0.05, 0.1) is 0 Å². The number of hydrogen-bond acceptors (Lipinski definition) is 3. The van der Waals surface area contributed by atoms with E-state index in [1.165, 1.54) is 38.9 Å². The standard InChI is InChI=1S/C23H39N5O.HI/c1-4-25-23(26-13-5-6-15-28-16-8-9-19(2)18-28)27-14-12-20-10-7-11-21(17-20)22(29)24-3;/h7,10-11,17,19H,4-6,8-9,12-16,18H2,1-3H3,(H,24,29)(H2,25,26,27);1H. The van der Waals surface area contributed by atoms with Crippen LogP contribution in [0.3, 0.4) is 0 Å². The fourth-order valence-corrected chi connectivity index (χ4v) is 3.81. The van der Waals surface area contributed by atoms with Crippen LogP contribution in [0.15, 0.2) is 29.3 Å². The molecule has 1 fully saturated rings. The molecule has 6 nitrogen and oxygen atoms in total. The van der Waals surface area contributed by atoms with Gasteiger partial charge < -0.3 is 20.9 Å². The van der Waals surface area contributed by atoms with Crippen molar-refractivity contribution in [3.63, 3.8) is 0 Å². The van der Waals surface area contributed by atoms with E-state index in [1.54, 1.807) is 7.05 Å². The molecular weight excluding hydrogens is 489 g/mol. The minimum Gasteiger partial charge on any atom is -0.357 e. The van der Waals surface area contributed by atoms with Crippen molar-refractivity contribution in [2.24, 2.45) is 10.9 Å². The summed E-state index contributed by atoms with van der Waals surface area (Å²) in [7, 11) is 1.66. The van der Waals surface area contributed by atoms with Crippen LogP contribution in [0.25, 0.3) is 0 Å². The number of rotatable bonds is 10. The lowest BCUT2D eigenvalue weighted by Gasteiger charge is -2.30. The van der Waals surface area contributed by atoms with E-state index in [-0.39, 0.29) is 29.9 Å². The first-order chi connectivity index (χ1) is 14.1. The topological polar surface area (TPSA) is 68.8 Å². The van der Waals surface area contributed by atoms with Crippen molar-refractivity contribution in [2.75, 3.05) is 46.3 Å². The molecule has 1 aliphatic heterocycles. The van der Waals surface area contributed by atoms with Gasteiger partial charge >= 0.3 is 0 Å². The smallest absolute Gasteiger partial charge is 0.251 e. The van der Waals surface area contributed by atoms with Crippen LogP contribution in [0.2, 0.25) is 0 Å². The zero-order chi connectivity index (χ0) is 20.9. The van der Waals surface area contributed by atoms with Gasteiger partial charge in [0.15, 0.2) is 5.96 Å². The third kappa shape index (κ3) is 10.1. The van der Waals surface area contributed by atoms with Gasteiger partial charge in [-0.05, 0) is 75.7 Å². The van der Waals surface area contributed by atoms with Crippen molar-refractivity contribution >= 4 is 35.8 Å². The Morgan fingerprint density at radius 1 is 1.27 bits per heavy atom. The van der Waals surface area contributed by atoms with Crippen LogP contribution >= 0.6 is 24.0 Å². The molecule has 7 heteroatoms. The molecule has 0 radical (unpaired) electrons. The van der Waals surface area contributed by atoms with Gasteiger partial charge in [0, 0.05) is 38.8 Å². The molecule has 1 aromatic carbocycles. The lowest BCUT2D eigenvalue weighted by molar-refractivity contribution is 0.0963. The summed E-state index contributed by atoms with van der Waals surface area (Å²) in [4.78, 5) is 19.1. The Bertz CT molecular complexity index is 652. The average molecular weight is 530 g/mol. The molecule has 1 saturated heterocycles.